The lowest BCUT2D eigenvalue weighted by atomic mass is 10.1. The Morgan fingerprint density at radius 1 is 1.10 bits per heavy atom. The third kappa shape index (κ3) is 2.30. The number of aromatic hydroxyl groups is 1. The van der Waals surface area contributed by atoms with Crippen LogP contribution in [0.25, 0.3) is 22.4 Å². The molecule has 4 heteroatoms. The van der Waals surface area contributed by atoms with Gasteiger partial charge in [-0.2, -0.15) is 0 Å². The van der Waals surface area contributed by atoms with Crippen molar-refractivity contribution in [1.29, 1.82) is 0 Å². The van der Waals surface area contributed by atoms with Crippen molar-refractivity contribution in [3.8, 4) is 5.75 Å². The van der Waals surface area contributed by atoms with E-state index in [2.05, 4.69) is 28.5 Å². The second-order valence-corrected chi connectivity index (χ2v) is 5.91. The van der Waals surface area contributed by atoms with Gasteiger partial charge in [0.1, 0.15) is 10.8 Å². The van der Waals surface area contributed by atoms with Crippen molar-refractivity contribution in [3.05, 3.63) is 64.8 Å². The van der Waals surface area contributed by atoms with Gasteiger partial charge in [0.05, 0.1) is 10.2 Å². The van der Waals surface area contributed by atoms with Gasteiger partial charge in [0, 0.05) is 17.5 Å². The Balaban J connectivity index is 1.71. The Bertz CT molecular complexity index is 893. The van der Waals surface area contributed by atoms with Crippen LogP contribution in [0.4, 0.5) is 5.69 Å². The summed E-state index contributed by atoms with van der Waals surface area (Å²) in [6, 6.07) is 13.4. The quantitative estimate of drug-likeness (QED) is 0.695. The fourth-order valence-electron chi connectivity index (χ4n) is 2.35. The summed E-state index contributed by atoms with van der Waals surface area (Å²) in [7, 11) is 0. The first-order chi connectivity index (χ1) is 10.3. The van der Waals surface area contributed by atoms with Gasteiger partial charge in [-0.15, -0.1) is 11.3 Å². The largest absolute Gasteiger partial charge is 0.508 e. The number of benzene rings is 2. The zero-order valence-electron chi connectivity index (χ0n) is 11.1. The van der Waals surface area contributed by atoms with E-state index in [1.807, 2.05) is 30.4 Å². The summed E-state index contributed by atoms with van der Waals surface area (Å²) in [5, 5.41) is 13.8. The number of anilines is 1. The molecule has 0 atom stereocenters. The maximum atomic E-state index is 9.50. The number of nitrogens with one attached hydrogen (secondary N) is 1. The fraction of sp³-hybridized carbons (Fsp3) is 0. The van der Waals surface area contributed by atoms with Crippen molar-refractivity contribution in [2.45, 2.75) is 0 Å². The van der Waals surface area contributed by atoms with E-state index in [1.165, 1.54) is 5.56 Å². The molecular weight excluding hydrogens is 280 g/mol. The minimum Gasteiger partial charge on any atom is -0.508 e. The molecule has 0 unspecified atom stereocenters. The molecule has 0 spiro atoms. The van der Waals surface area contributed by atoms with E-state index >= 15 is 0 Å². The Labute approximate surface area is 125 Å². The van der Waals surface area contributed by atoms with E-state index in [4.69, 9.17) is 0 Å². The van der Waals surface area contributed by atoms with Gasteiger partial charge in [0.25, 0.3) is 0 Å². The summed E-state index contributed by atoms with van der Waals surface area (Å²) >= 11 is 1.61. The van der Waals surface area contributed by atoms with Crippen LogP contribution in [0.5, 0.6) is 5.75 Å². The van der Waals surface area contributed by atoms with Gasteiger partial charge < -0.3 is 10.4 Å². The van der Waals surface area contributed by atoms with E-state index in [1.54, 1.807) is 23.5 Å². The number of nitrogens with zero attached hydrogens (tertiary/aromatic N) is 1. The number of fused-ring (bicyclic) bond motifs is 2. The van der Waals surface area contributed by atoms with Crippen LogP contribution in [-0.2, 0) is 0 Å². The van der Waals surface area contributed by atoms with Gasteiger partial charge in [-0.25, -0.2) is 4.98 Å². The van der Waals surface area contributed by atoms with Gasteiger partial charge in [-0.1, -0.05) is 24.3 Å². The van der Waals surface area contributed by atoms with Crippen molar-refractivity contribution in [3.63, 3.8) is 0 Å². The van der Waals surface area contributed by atoms with Crippen molar-refractivity contribution in [1.82, 2.24) is 4.98 Å². The average Bonchev–Trinajstić information content (AvgIpc) is 2.88. The maximum Gasteiger partial charge on any atom is 0.119 e. The highest BCUT2D eigenvalue weighted by Gasteiger charge is 2.08. The molecule has 2 N–H and O–H groups in total. The molecule has 3 nitrogen and oxygen atoms in total. The summed E-state index contributed by atoms with van der Waals surface area (Å²) in [4.78, 5) is 4.53. The van der Waals surface area contributed by atoms with Crippen LogP contribution in [0.15, 0.2) is 54.2 Å². The molecule has 1 aromatic heterocycles. The van der Waals surface area contributed by atoms with Crippen LogP contribution in [0.3, 0.4) is 0 Å². The van der Waals surface area contributed by atoms with Gasteiger partial charge in [-0.05, 0) is 35.9 Å². The summed E-state index contributed by atoms with van der Waals surface area (Å²) in [5.41, 5.74) is 4.12. The van der Waals surface area contributed by atoms with E-state index in [0.717, 1.165) is 26.6 Å². The zero-order chi connectivity index (χ0) is 14.2. The number of aromatic nitrogens is 1. The van der Waals surface area contributed by atoms with E-state index in [9.17, 15) is 5.11 Å². The predicted molar refractivity (Wildman–Crippen MR) is 88.4 cm³/mol. The minimum atomic E-state index is 0.247. The van der Waals surface area contributed by atoms with Crippen LogP contribution < -0.4 is 5.32 Å². The molecule has 0 aliphatic carbocycles. The monoisotopic (exact) mass is 292 g/mol. The third-order valence-electron chi connectivity index (χ3n) is 3.35. The first kappa shape index (κ1) is 12.2. The smallest absolute Gasteiger partial charge is 0.119 e. The lowest BCUT2D eigenvalue weighted by Gasteiger charge is -2.14. The minimum absolute atomic E-state index is 0.247. The van der Waals surface area contributed by atoms with Crippen molar-refractivity contribution < 1.29 is 5.11 Å². The highest BCUT2D eigenvalue weighted by molar-refractivity contribution is 7.19. The van der Waals surface area contributed by atoms with Crippen LogP contribution in [0.2, 0.25) is 0 Å². The zero-order valence-corrected chi connectivity index (χ0v) is 11.9. The molecule has 2 heterocycles. The summed E-state index contributed by atoms with van der Waals surface area (Å²) in [5.74, 6) is 0.247. The van der Waals surface area contributed by atoms with Gasteiger partial charge in [0.15, 0.2) is 0 Å². The first-order valence-electron chi connectivity index (χ1n) is 6.63. The molecule has 0 radical (unpaired) electrons. The topological polar surface area (TPSA) is 45.1 Å². The van der Waals surface area contributed by atoms with Crippen molar-refractivity contribution >= 4 is 39.4 Å². The highest BCUT2D eigenvalue weighted by atomic mass is 32.1. The van der Waals surface area contributed by atoms with Gasteiger partial charge in [0.2, 0.25) is 0 Å². The molecule has 0 amide bonds. The molecule has 102 valence electrons. The van der Waals surface area contributed by atoms with E-state index in [-0.39, 0.29) is 5.75 Å². The number of hydrogen-bond donors (Lipinski definition) is 2. The second kappa shape index (κ2) is 4.75. The molecule has 0 bridgehead atoms. The third-order valence-corrected chi connectivity index (χ3v) is 4.33. The molecule has 0 fully saturated rings. The molecule has 0 saturated heterocycles. The molecule has 4 rings (SSSR count). The predicted octanol–water partition coefficient (Wildman–Crippen LogP) is 4.48. The number of phenolic OH excluding ortho intramolecular Hbond substituents is 1. The molecule has 2 aromatic carbocycles. The van der Waals surface area contributed by atoms with Gasteiger partial charge in [-0.3, -0.25) is 0 Å². The molecule has 1 aliphatic heterocycles. The summed E-state index contributed by atoms with van der Waals surface area (Å²) in [6.07, 6.45) is 6.16. The van der Waals surface area contributed by atoms with Crippen molar-refractivity contribution in [2.75, 3.05) is 5.32 Å². The Morgan fingerprint density at radius 2 is 2.00 bits per heavy atom. The highest BCUT2D eigenvalue weighted by Crippen LogP contribution is 2.29. The number of rotatable bonds is 1. The molecule has 0 saturated carbocycles. The van der Waals surface area contributed by atoms with Crippen LogP contribution in [-0.4, -0.2) is 10.1 Å². The molecule has 3 aromatic rings. The summed E-state index contributed by atoms with van der Waals surface area (Å²) in [6.45, 7) is 0. The molecule has 21 heavy (non-hydrogen) atoms. The number of phenols is 1. The number of allylic oxidation sites excluding steroid dienone is 1. The SMILES string of the molecule is Oc1ccc2sc(/C=C3\C=Cc4ccccc4N3)nc2c1. The van der Waals surface area contributed by atoms with Crippen LogP contribution in [0, 0.1) is 0 Å². The fourth-order valence-corrected chi connectivity index (χ4v) is 3.25. The second-order valence-electron chi connectivity index (χ2n) is 4.85. The Kier molecular flexibility index (Phi) is 2.75. The van der Waals surface area contributed by atoms with Crippen LogP contribution in [0.1, 0.15) is 10.6 Å². The Morgan fingerprint density at radius 3 is 2.95 bits per heavy atom. The number of thiazole rings is 1. The van der Waals surface area contributed by atoms with E-state index < -0.39 is 0 Å². The normalized spacial score (nSPS) is 15.1. The Hall–Kier alpha value is -2.59. The lowest BCUT2D eigenvalue weighted by molar-refractivity contribution is 0.476. The number of hydrogen-bond acceptors (Lipinski definition) is 4. The maximum absolute atomic E-state index is 9.50. The molecular formula is C17H12N2OS. The van der Waals surface area contributed by atoms with Crippen molar-refractivity contribution in [2.24, 2.45) is 0 Å². The van der Waals surface area contributed by atoms with Gasteiger partial charge >= 0.3 is 0 Å². The lowest BCUT2D eigenvalue weighted by Crippen LogP contribution is -2.02. The number of para-hydroxylation sites is 1. The first-order valence-corrected chi connectivity index (χ1v) is 7.45. The average molecular weight is 292 g/mol. The van der Waals surface area contributed by atoms with Crippen LogP contribution >= 0.6 is 11.3 Å². The van der Waals surface area contributed by atoms with E-state index in [0.29, 0.717) is 0 Å². The molecule has 1 aliphatic rings. The standard InChI is InChI=1S/C17H12N2OS/c20-13-7-8-16-15(10-13)19-17(21-16)9-12-6-5-11-3-1-2-4-14(11)18-12/h1-10,18,20H/b12-9+. The summed E-state index contributed by atoms with van der Waals surface area (Å²) < 4.78 is 1.07.